The first-order valence-corrected chi connectivity index (χ1v) is 6.08. The lowest BCUT2D eigenvalue weighted by atomic mass is 9.89. The van der Waals surface area contributed by atoms with Crippen LogP contribution >= 0.6 is 15.9 Å². The molecule has 1 rings (SSSR count). The summed E-state index contributed by atoms with van der Waals surface area (Å²) in [6.07, 6.45) is 0. The third-order valence-corrected chi connectivity index (χ3v) is 3.01. The zero-order chi connectivity index (χ0) is 13.0. The second kappa shape index (κ2) is 5.83. The van der Waals surface area contributed by atoms with Crippen molar-refractivity contribution in [2.24, 2.45) is 11.8 Å². The van der Waals surface area contributed by atoms with Crippen molar-refractivity contribution in [1.82, 2.24) is 0 Å². The molecule has 17 heavy (non-hydrogen) atoms. The summed E-state index contributed by atoms with van der Waals surface area (Å²) >= 11 is 3.31. The van der Waals surface area contributed by atoms with Gasteiger partial charge in [0.2, 0.25) is 0 Å². The van der Waals surface area contributed by atoms with Crippen LogP contribution in [0.25, 0.3) is 0 Å². The predicted octanol–water partition coefficient (Wildman–Crippen LogP) is 3.44. The summed E-state index contributed by atoms with van der Waals surface area (Å²) in [6, 6.07) is 7.22. The van der Waals surface area contributed by atoms with Crippen molar-refractivity contribution >= 4 is 21.7 Å². The summed E-state index contributed by atoms with van der Waals surface area (Å²) in [5, 5.41) is 9.03. The van der Waals surface area contributed by atoms with Crippen molar-refractivity contribution < 1.29 is 9.53 Å². The molecule has 0 spiro atoms. The molecule has 0 radical (unpaired) electrons. The molecular formula is C13H14BrNO2. The van der Waals surface area contributed by atoms with E-state index < -0.39 is 5.92 Å². The molecule has 1 atom stereocenters. The Morgan fingerprint density at radius 2 is 2.12 bits per heavy atom. The Labute approximate surface area is 110 Å². The van der Waals surface area contributed by atoms with Gasteiger partial charge in [-0.05, 0) is 24.1 Å². The zero-order valence-electron chi connectivity index (χ0n) is 10.0. The summed E-state index contributed by atoms with van der Waals surface area (Å²) in [5.41, 5.74) is 0.455. The van der Waals surface area contributed by atoms with Crippen LogP contribution in [0.15, 0.2) is 22.7 Å². The third-order valence-electron chi connectivity index (χ3n) is 2.52. The Hall–Kier alpha value is -1.34. The quantitative estimate of drug-likeness (QED) is 0.800. The molecule has 0 aliphatic heterocycles. The van der Waals surface area contributed by atoms with Gasteiger partial charge in [0.1, 0.15) is 11.7 Å². The van der Waals surface area contributed by atoms with Gasteiger partial charge >= 0.3 is 0 Å². The van der Waals surface area contributed by atoms with E-state index in [0.29, 0.717) is 11.3 Å². The number of benzene rings is 1. The molecular weight excluding hydrogens is 282 g/mol. The van der Waals surface area contributed by atoms with E-state index in [1.807, 2.05) is 19.9 Å². The predicted molar refractivity (Wildman–Crippen MR) is 69.0 cm³/mol. The number of rotatable bonds is 4. The van der Waals surface area contributed by atoms with Gasteiger partial charge in [-0.25, -0.2) is 0 Å². The van der Waals surface area contributed by atoms with Gasteiger partial charge in [-0.3, -0.25) is 4.79 Å². The molecule has 0 aliphatic rings. The summed E-state index contributed by atoms with van der Waals surface area (Å²) in [6.45, 7) is 3.72. The zero-order valence-corrected chi connectivity index (χ0v) is 11.6. The molecule has 0 aromatic heterocycles. The number of ketones is 1. The van der Waals surface area contributed by atoms with E-state index in [0.717, 1.165) is 4.47 Å². The Morgan fingerprint density at radius 3 is 2.59 bits per heavy atom. The summed E-state index contributed by atoms with van der Waals surface area (Å²) in [7, 11) is 1.51. The van der Waals surface area contributed by atoms with Crippen LogP contribution in [0.1, 0.15) is 24.2 Å². The fraction of sp³-hybridized carbons (Fsp3) is 0.385. The van der Waals surface area contributed by atoms with E-state index in [2.05, 4.69) is 15.9 Å². The van der Waals surface area contributed by atoms with Gasteiger partial charge in [0, 0.05) is 4.47 Å². The lowest BCUT2D eigenvalue weighted by Gasteiger charge is -2.14. The van der Waals surface area contributed by atoms with Gasteiger partial charge in [-0.2, -0.15) is 5.26 Å². The summed E-state index contributed by atoms with van der Waals surface area (Å²) in [5.74, 6) is -0.344. The standard InChI is InChI=1S/C13H14BrNO2/c1-8(2)11(7-15)13(16)10-5-4-9(14)6-12(10)17-3/h4-6,8,11H,1-3H3. The van der Waals surface area contributed by atoms with Gasteiger partial charge in [0.25, 0.3) is 0 Å². The van der Waals surface area contributed by atoms with Crippen LogP contribution in [0.2, 0.25) is 0 Å². The monoisotopic (exact) mass is 295 g/mol. The second-order valence-corrected chi connectivity index (χ2v) is 4.98. The highest BCUT2D eigenvalue weighted by atomic mass is 79.9. The maximum absolute atomic E-state index is 12.2. The normalized spacial score (nSPS) is 12.0. The van der Waals surface area contributed by atoms with E-state index >= 15 is 0 Å². The first-order valence-electron chi connectivity index (χ1n) is 5.28. The molecule has 0 bridgehead atoms. The van der Waals surface area contributed by atoms with Crippen molar-refractivity contribution in [1.29, 1.82) is 5.26 Å². The molecule has 3 nitrogen and oxygen atoms in total. The lowest BCUT2D eigenvalue weighted by Crippen LogP contribution is -2.19. The van der Waals surface area contributed by atoms with Crippen molar-refractivity contribution in [3.63, 3.8) is 0 Å². The van der Waals surface area contributed by atoms with Crippen LogP contribution in [0.5, 0.6) is 5.75 Å². The highest BCUT2D eigenvalue weighted by Crippen LogP contribution is 2.27. The molecule has 1 unspecified atom stereocenters. The van der Waals surface area contributed by atoms with Crippen LogP contribution in [0.4, 0.5) is 0 Å². The third kappa shape index (κ3) is 3.07. The average molecular weight is 296 g/mol. The van der Waals surface area contributed by atoms with E-state index in [4.69, 9.17) is 10.00 Å². The SMILES string of the molecule is COc1cc(Br)ccc1C(=O)C(C#N)C(C)C. The second-order valence-electron chi connectivity index (χ2n) is 4.06. The minimum absolute atomic E-state index is 0.0131. The highest BCUT2D eigenvalue weighted by molar-refractivity contribution is 9.10. The number of Topliss-reactive ketones (excluding diaryl/α,β-unsaturated/α-hetero) is 1. The van der Waals surface area contributed by atoms with E-state index in [1.165, 1.54) is 7.11 Å². The molecule has 0 N–H and O–H groups in total. The van der Waals surface area contributed by atoms with Gasteiger partial charge in [0.05, 0.1) is 18.7 Å². The Bertz CT molecular complexity index is 463. The molecule has 90 valence electrons. The highest BCUT2D eigenvalue weighted by Gasteiger charge is 2.25. The molecule has 1 aromatic carbocycles. The number of carbonyl (C=O) groups is 1. The summed E-state index contributed by atoms with van der Waals surface area (Å²) < 4.78 is 6.00. The largest absolute Gasteiger partial charge is 0.496 e. The maximum Gasteiger partial charge on any atom is 0.183 e. The molecule has 1 aromatic rings. The molecule has 0 heterocycles. The topological polar surface area (TPSA) is 50.1 Å². The van der Waals surface area contributed by atoms with Gasteiger partial charge in [-0.15, -0.1) is 0 Å². The molecule has 0 amide bonds. The van der Waals surface area contributed by atoms with E-state index in [9.17, 15) is 4.79 Å². The van der Waals surface area contributed by atoms with Crippen LogP contribution in [0.3, 0.4) is 0 Å². The fourth-order valence-electron chi connectivity index (χ4n) is 1.55. The minimum Gasteiger partial charge on any atom is -0.496 e. The minimum atomic E-state index is -0.634. The lowest BCUT2D eigenvalue weighted by molar-refractivity contribution is 0.0921. The number of methoxy groups -OCH3 is 1. The van der Waals surface area contributed by atoms with Crippen LogP contribution < -0.4 is 4.74 Å². The Balaban J connectivity index is 3.16. The molecule has 0 saturated heterocycles. The van der Waals surface area contributed by atoms with Crippen molar-refractivity contribution in [2.75, 3.05) is 7.11 Å². The number of nitrogens with zero attached hydrogens (tertiary/aromatic N) is 1. The first kappa shape index (κ1) is 13.7. The number of ether oxygens (including phenoxy) is 1. The number of hydrogen-bond donors (Lipinski definition) is 0. The van der Waals surface area contributed by atoms with Crippen LogP contribution in [-0.2, 0) is 0 Å². The van der Waals surface area contributed by atoms with E-state index in [1.54, 1.807) is 18.2 Å². The molecule has 0 fully saturated rings. The molecule has 4 heteroatoms. The smallest absolute Gasteiger partial charge is 0.183 e. The van der Waals surface area contributed by atoms with Crippen LogP contribution in [-0.4, -0.2) is 12.9 Å². The van der Waals surface area contributed by atoms with Gasteiger partial charge in [0.15, 0.2) is 5.78 Å². The van der Waals surface area contributed by atoms with E-state index in [-0.39, 0.29) is 11.7 Å². The average Bonchev–Trinajstić information content (AvgIpc) is 2.28. The number of carbonyl (C=O) groups excluding carboxylic acids is 1. The van der Waals surface area contributed by atoms with Gasteiger partial charge < -0.3 is 4.74 Å². The first-order chi connectivity index (χ1) is 8.01. The summed E-state index contributed by atoms with van der Waals surface area (Å²) in [4.78, 5) is 12.2. The Morgan fingerprint density at radius 1 is 1.47 bits per heavy atom. The molecule has 0 aliphatic carbocycles. The maximum atomic E-state index is 12.2. The fourth-order valence-corrected chi connectivity index (χ4v) is 1.89. The van der Waals surface area contributed by atoms with Crippen LogP contribution in [0, 0.1) is 23.2 Å². The number of nitriles is 1. The Kier molecular flexibility index (Phi) is 4.71. The van der Waals surface area contributed by atoms with Gasteiger partial charge in [-0.1, -0.05) is 29.8 Å². The van der Waals surface area contributed by atoms with Crippen molar-refractivity contribution in [2.45, 2.75) is 13.8 Å². The van der Waals surface area contributed by atoms with Crippen molar-refractivity contribution in [3.8, 4) is 11.8 Å². The number of halogens is 1. The number of hydrogen-bond acceptors (Lipinski definition) is 3. The molecule has 0 saturated carbocycles. The van der Waals surface area contributed by atoms with Crippen molar-refractivity contribution in [3.05, 3.63) is 28.2 Å².